The van der Waals surface area contributed by atoms with Gasteiger partial charge < -0.3 is 15.7 Å². The predicted molar refractivity (Wildman–Crippen MR) is 141 cm³/mol. The molecule has 37 heavy (non-hydrogen) atoms. The zero-order valence-electron chi connectivity index (χ0n) is 21.4. The van der Waals surface area contributed by atoms with Crippen LogP contribution in [0.25, 0.3) is 11.0 Å². The number of amidine groups is 1. The van der Waals surface area contributed by atoms with Crippen molar-refractivity contribution in [2.24, 2.45) is 5.92 Å². The molecule has 0 radical (unpaired) electrons. The van der Waals surface area contributed by atoms with E-state index in [2.05, 4.69) is 20.6 Å². The van der Waals surface area contributed by atoms with Gasteiger partial charge in [-0.3, -0.25) is 20.0 Å². The minimum atomic E-state index is -1.47. The number of amides is 2. The predicted octanol–water partition coefficient (Wildman–Crippen LogP) is 3.98. The molecule has 3 atom stereocenters. The van der Waals surface area contributed by atoms with Gasteiger partial charge in [0.1, 0.15) is 17.2 Å². The molecule has 9 heteroatoms. The Morgan fingerprint density at radius 1 is 1.08 bits per heavy atom. The average Bonchev–Trinajstić information content (AvgIpc) is 2.85. The van der Waals surface area contributed by atoms with Crippen molar-refractivity contribution in [1.29, 1.82) is 5.41 Å². The molecule has 2 amide bonds. The van der Waals surface area contributed by atoms with Crippen LogP contribution in [0.5, 0.6) is 0 Å². The van der Waals surface area contributed by atoms with Gasteiger partial charge in [0.25, 0.3) is 5.91 Å². The fourth-order valence-corrected chi connectivity index (χ4v) is 4.11. The van der Waals surface area contributed by atoms with E-state index in [1.165, 1.54) is 27.0 Å². The van der Waals surface area contributed by atoms with Crippen molar-refractivity contribution in [3.05, 3.63) is 72.1 Å². The minimum absolute atomic E-state index is 0.0520. The van der Waals surface area contributed by atoms with Crippen molar-refractivity contribution in [1.82, 2.24) is 20.6 Å². The number of fused-ring (bicyclic) bond motifs is 1. The van der Waals surface area contributed by atoms with Crippen LogP contribution in [0, 0.1) is 11.3 Å². The first-order valence-electron chi connectivity index (χ1n) is 12.3. The van der Waals surface area contributed by atoms with E-state index in [0.717, 1.165) is 5.56 Å². The van der Waals surface area contributed by atoms with Crippen LogP contribution in [-0.2, 0) is 11.2 Å². The quantitative estimate of drug-likeness (QED) is 0.231. The van der Waals surface area contributed by atoms with E-state index in [1.54, 1.807) is 12.1 Å². The molecular weight excluding hydrogens is 473 g/mol. The summed E-state index contributed by atoms with van der Waals surface area (Å²) in [6.07, 6.45) is 1.08. The summed E-state index contributed by atoms with van der Waals surface area (Å²) in [5, 5.41) is 24.9. The highest BCUT2D eigenvalue weighted by atomic mass is 19.1. The fraction of sp³-hybridized carbons (Fsp3) is 0.393. The molecule has 3 aromatic rings. The number of carbonyl (C=O) groups excluding carboxylic acids is 2. The number of hydrogen-bond acceptors (Lipinski definition) is 6. The Labute approximate surface area is 216 Å². The largest absolute Gasteiger partial charge is 0.391 e. The maximum atomic E-state index is 14.2. The molecule has 3 unspecified atom stereocenters. The number of nitrogens with one attached hydrogen (secondary N) is 3. The molecule has 0 spiro atoms. The Morgan fingerprint density at radius 2 is 1.73 bits per heavy atom. The number of halogens is 1. The Morgan fingerprint density at radius 3 is 2.38 bits per heavy atom. The van der Waals surface area contributed by atoms with E-state index >= 15 is 0 Å². The first-order valence-corrected chi connectivity index (χ1v) is 12.3. The zero-order valence-corrected chi connectivity index (χ0v) is 21.4. The normalized spacial score (nSPS) is 14.0. The highest BCUT2D eigenvalue weighted by Crippen LogP contribution is 2.24. The lowest BCUT2D eigenvalue weighted by Gasteiger charge is -2.29. The molecular formula is C28H34FN5O3. The third kappa shape index (κ3) is 8.71. The molecule has 3 rings (SSSR count). The summed E-state index contributed by atoms with van der Waals surface area (Å²) in [5.41, 5.74) is 0.787. The molecule has 0 saturated carbocycles. The van der Waals surface area contributed by atoms with Gasteiger partial charge in [-0.05, 0) is 57.2 Å². The Hall–Kier alpha value is -3.72. The lowest BCUT2D eigenvalue weighted by molar-refractivity contribution is -0.117. The van der Waals surface area contributed by atoms with Gasteiger partial charge in [-0.1, -0.05) is 42.5 Å². The summed E-state index contributed by atoms with van der Waals surface area (Å²) in [4.78, 5) is 33.4. The molecule has 0 bridgehead atoms. The number of hydrogen-bond donors (Lipinski definition) is 4. The molecule has 4 N–H and O–H groups in total. The lowest BCUT2D eigenvalue weighted by Crippen LogP contribution is -2.47. The first kappa shape index (κ1) is 27.9. The Kier molecular flexibility index (Phi) is 9.41. The van der Waals surface area contributed by atoms with Crippen LogP contribution in [-0.4, -0.2) is 50.5 Å². The summed E-state index contributed by atoms with van der Waals surface area (Å²) in [6.45, 7) is 4.20. The lowest BCUT2D eigenvalue weighted by atomic mass is 9.87. The topological polar surface area (TPSA) is 128 Å². The minimum Gasteiger partial charge on any atom is -0.391 e. The van der Waals surface area contributed by atoms with Crippen molar-refractivity contribution < 1.29 is 19.1 Å². The van der Waals surface area contributed by atoms with Crippen LogP contribution < -0.4 is 10.6 Å². The van der Waals surface area contributed by atoms with E-state index in [-0.39, 0.29) is 30.8 Å². The maximum Gasteiger partial charge on any atom is 0.271 e. The maximum absolute atomic E-state index is 14.2. The molecule has 8 nitrogen and oxygen atoms in total. The second kappa shape index (κ2) is 12.5. The van der Waals surface area contributed by atoms with Gasteiger partial charge in [-0.2, -0.15) is 0 Å². The van der Waals surface area contributed by atoms with E-state index in [1.807, 2.05) is 42.5 Å². The van der Waals surface area contributed by atoms with Crippen molar-refractivity contribution in [2.75, 3.05) is 0 Å². The number of alkyl halides is 1. The summed E-state index contributed by atoms with van der Waals surface area (Å²) in [6, 6.07) is 15.9. The van der Waals surface area contributed by atoms with Crippen molar-refractivity contribution >= 4 is 28.7 Å². The number of nitrogens with zero attached hydrogens (tertiary/aromatic N) is 2. The fourth-order valence-electron chi connectivity index (χ4n) is 4.11. The molecule has 0 aliphatic heterocycles. The van der Waals surface area contributed by atoms with Gasteiger partial charge in [0.15, 0.2) is 0 Å². The summed E-state index contributed by atoms with van der Waals surface area (Å²) >= 11 is 0. The van der Waals surface area contributed by atoms with Crippen LogP contribution in [0.1, 0.15) is 56.1 Å². The van der Waals surface area contributed by atoms with Crippen LogP contribution in [0.15, 0.2) is 60.8 Å². The molecule has 196 valence electrons. The van der Waals surface area contributed by atoms with Crippen molar-refractivity contribution in [3.8, 4) is 0 Å². The molecule has 0 aliphatic carbocycles. The molecule has 0 aliphatic rings. The van der Waals surface area contributed by atoms with E-state index < -0.39 is 35.5 Å². The van der Waals surface area contributed by atoms with Crippen molar-refractivity contribution in [3.63, 3.8) is 0 Å². The SMILES string of the molecule is CC(=O)NC(=N)C(CCC(C)(C)F)CC(O)C(Cc1ccccc1)NC(=O)c1cnc2ccccc2n1. The van der Waals surface area contributed by atoms with Gasteiger partial charge in [0.2, 0.25) is 5.91 Å². The van der Waals surface area contributed by atoms with E-state index in [4.69, 9.17) is 5.41 Å². The standard InChI is InChI=1S/C28H34FN5O3/c1-18(35)32-26(30)20(13-14-28(2,3)29)16-25(36)23(15-19-9-5-4-6-10-19)34-27(37)24-17-31-21-11-7-8-12-22(21)33-24/h4-12,17,20,23,25,36H,13-16H2,1-3H3,(H,34,37)(H2,30,32,35). The van der Waals surface area contributed by atoms with Crippen molar-refractivity contribution in [2.45, 2.75) is 64.3 Å². The van der Waals surface area contributed by atoms with Gasteiger partial charge in [0, 0.05) is 12.8 Å². The van der Waals surface area contributed by atoms with Crippen LogP contribution in [0.3, 0.4) is 0 Å². The third-order valence-corrected chi connectivity index (χ3v) is 6.09. The number of carbonyl (C=O) groups is 2. The van der Waals surface area contributed by atoms with Gasteiger partial charge >= 0.3 is 0 Å². The number of benzene rings is 2. The van der Waals surface area contributed by atoms with Gasteiger partial charge in [0.05, 0.1) is 29.4 Å². The number of aromatic nitrogens is 2. The second-order valence-electron chi connectivity index (χ2n) is 9.87. The number of para-hydroxylation sites is 2. The number of aliphatic hydroxyl groups excluding tert-OH is 1. The van der Waals surface area contributed by atoms with Crippen LogP contribution >= 0.6 is 0 Å². The molecule has 0 saturated heterocycles. The van der Waals surface area contributed by atoms with E-state index in [0.29, 0.717) is 17.5 Å². The first-order chi connectivity index (χ1) is 17.5. The number of aliphatic hydroxyl groups is 1. The summed E-state index contributed by atoms with van der Waals surface area (Å²) in [5.74, 6) is -1.59. The average molecular weight is 508 g/mol. The molecule has 0 fully saturated rings. The summed E-state index contributed by atoms with van der Waals surface area (Å²) < 4.78 is 14.2. The highest BCUT2D eigenvalue weighted by Gasteiger charge is 2.29. The highest BCUT2D eigenvalue weighted by molar-refractivity contribution is 5.96. The zero-order chi connectivity index (χ0) is 27.0. The molecule has 1 heterocycles. The van der Waals surface area contributed by atoms with Gasteiger partial charge in [-0.25, -0.2) is 9.37 Å². The Bertz CT molecular complexity index is 1230. The third-order valence-electron chi connectivity index (χ3n) is 6.09. The van der Waals surface area contributed by atoms with Gasteiger partial charge in [-0.15, -0.1) is 0 Å². The summed E-state index contributed by atoms with van der Waals surface area (Å²) in [7, 11) is 0. The van der Waals surface area contributed by atoms with Crippen LogP contribution in [0.2, 0.25) is 0 Å². The molecule has 2 aromatic carbocycles. The number of rotatable bonds is 11. The van der Waals surface area contributed by atoms with E-state index in [9.17, 15) is 19.1 Å². The smallest absolute Gasteiger partial charge is 0.271 e. The monoisotopic (exact) mass is 507 g/mol. The van der Waals surface area contributed by atoms with Crippen LogP contribution in [0.4, 0.5) is 4.39 Å². The Balaban J connectivity index is 1.82. The second-order valence-corrected chi connectivity index (χ2v) is 9.87. The molecule has 1 aromatic heterocycles.